The van der Waals surface area contributed by atoms with Crippen LogP contribution in [-0.4, -0.2) is 46.9 Å². The number of ether oxygens (including phenoxy) is 2. The highest BCUT2D eigenvalue weighted by atomic mass is 35.5. The molecule has 2 aromatic heterocycles. The maximum atomic E-state index is 5.30. The van der Waals surface area contributed by atoms with Crippen molar-refractivity contribution in [1.29, 1.82) is 0 Å². The number of anilines is 1. The maximum Gasteiger partial charge on any atom is 0.237 e. The zero-order valence-corrected chi connectivity index (χ0v) is 15.6. The quantitative estimate of drug-likeness (QED) is 0.629. The van der Waals surface area contributed by atoms with E-state index in [9.17, 15) is 0 Å². The molecule has 0 unspecified atom stereocenters. The molecule has 2 heterocycles. The Labute approximate surface area is 158 Å². The Morgan fingerprint density at radius 3 is 2.68 bits per heavy atom. The molecular weight excluding hydrogens is 365 g/mol. The number of hydrogen-bond donors (Lipinski definition) is 1. The van der Waals surface area contributed by atoms with Crippen molar-refractivity contribution in [1.82, 2.24) is 19.5 Å². The van der Waals surface area contributed by atoms with Gasteiger partial charge in [-0.2, -0.15) is 4.98 Å². The largest absolute Gasteiger partial charge is 0.497 e. The summed E-state index contributed by atoms with van der Waals surface area (Å²) in [5.74, 6) is 2.12. The molecule has 3 rings (SSSR count). The summed E-state index contributed by atoms with van der Waals surface area (Å²) in [7, 11) is 3.34. The van der Waals surface area contributed by atoms with Crippen molar-refractivity contribution >= 4 is 41.5 Å². The van der Waals surface area contributed by atoms with Crippen LogP contribution in [0.25, 0.3) is 16.9 Å². The highest BCUT2D eigenvalue weighted by molar-refractivity contribution is 5.90. The van der Waals surface area contributed by atoms with E-state index < -0.39 is 0 Å². The number of aromatic nitrogens is 4. The standard InChI is InChI=1S/C16H19N5O2.2ClH/c1-22-9-3-6-18-15-13-10-12(23-2)4-5-14(13)19-16(20-15)21-8-7-17-11-21;;/h4-5,7-8,10-11H,3,6,9H2,1-2H3,(H,18,19,20);2*1H. The summed E-state index contributed by atoms with van der Waals surface area (Å²) in [5, 5.41) is 4.28. The van der Waals surface area contributed by atoms with Crippen LogP contribution < -0.4 is 10.1 Å². The highest BCUT2D eigenvalue weighted by Gasteiger charge is 2.10. The molecule has 0 atom stereocenters. The van der Waals surface area contributed by atoms with E-state index in [1.807, 2.05) is 24.4 Å². The topological polar surface area (TPSA) is 74.1 Å². The van der Waals surface area contributed by atoms with Gasteiger partial charge in [-0.1, -0.05) is 0 Å². The molecule has 1 N–H and O–H groups in total. The van der Waals surface area contributed by atoms with E-state index >= 15 is 0 Å². The minimum atomic E-state index is 0. The zero-order chi connectivity index (χ0) is 16.1. The third kappa shape index (κ3) is 4.94. The van der Waals surface area contributed by atoms with Gasteiger partial charge in [-0.25, -0.2) is 9.97 Å². The second kappa shape index (κ2) is 10.0. The van der Waals surface area contributed by atoms with Crippen LogP contribution in [-0.2, 0) is 4.74 Å². The van der Waals surface area contributed by atoms with Gasteiger partial charge in [0.05, 0.1) is 12.6 Å². The fourth-order valence-electron chi connectivity index (χ4n) is 2.27. The van der Waals surface area contributed by atoms with Crippen molar-refractivity contribution in [3.05, 3.63) is 36.9 Å². The van der Waals surface area contributed by atoms with E-state index in [0.717, 1.165) is 35.4 Å². The second-order valence-corrected chi connectivity index (χ2v) is 5.00. The number of nitrogens with one attached hydrogen (secondary N) is 1. The molecule has 0 aliphatic carbocycles. The van der Waals surface area contributed by atoms with Crippen LogP contribution in [0.5, 0.6) is 5.75 Å². The third-order valence-electron chi connectivity index (χ3n) is 3.44. The molecule has 0 saturated heterocycles. The molecule has 1 aromatic carbocycles. The van der Waals surface area contributed by atoms with Gasteiger partial charge in [-0.3, -0.25) is 4.57 Å². The second-order valence-electron chi connectivity index (χ2n) is 5.00. The molecule has 0 radical (unpaired) electrons. The van der Waals surface area contributed by atoms with E-state index in [-0.39, 0.29) is 24.8 Å². The maximum absolute atomic E-state index is 5.30. The predicted octanol–water partition coefficient (Wildman–Crippen LogP) is 3.12. The monoisotopic (exact) mass is 385 g/mol. The summed E-state index contributed by atoms with van der Waals surface area (Å²) in [6.07, 6.45) is 6.10. The van der Waals surface area contributed by atoms with Crippen LogP contribution in [0.2, 0.25) is 0 Å². The van der Waals surface area contributed by atoms with E-state index in [4.69, 9.17) is 9.47 Å². The Morgan fingerprint density at radius 1 is 1.16 bits per heavy atom. The van der Waals surface area contributed by atoms with Crippen LogP contribution in [0.3, 0.4) is 0 Å². The number of imidazole rings is 1. The average molecular weight is 386 g/mol. The van der Waals surface area contributed by atoms with Crippen LogP contribution in [0, 0.1) is 0 Å². The number of halogens is 2. The number of hydrogen-bond acceptors (Lipinski definition) is 6. The molecule has 0 saturated carbocycles. The van der Waals surface area contributed by atoms with Crippen molar-refractivity contribution in [3.8, 4) is 11.7 Å². The van der Waals surface area contributed by atoms with Crippen LogP contribution in [0.1, 0.15) is 6.42 Å². The average Bonchev–Trinajstić information content (AvgIpc) is 3.12. The lowest BCUT2D eigenvalue weighted by Crippen LogP contribution is -2.09. The van der Waals surface area contributed by atoms with Crippen molar-refractivity contribution in [3.63, 3.8) is 0 Å². The van der Waals surface area contributed by atoms with Gasteiger partial charge in [0.1, 0.15) is 17.9 Å². The summed E-state index contributed by atoms with van der Waals surface area (Å²) in [6.45, 7) is 1.47. The zero-order valence-electron chi connectivity index (χ0n) is 14.0. The Bertz CT molecular complexity index is 784. The molecular formula is C16H21Cl2N5O2. The SMILES string of the molecule is COCCCNc1nc(-n2ccnc2)nc2ccc(OC)cc12.Cl.Cl. The third-order valence-corrected chi connectivity index (χ3v) is 3.44. The number of methoxy groups -OCH3 is 2. The molecule has 0 spiro atoms. The number of nitrogens with zero attached hydrogens (tertiary/aromatic N) is 4. The summed E-state index contributed by atoms with van der Waals surface area (Å²) >= 11 is 0. The lowest BCUT2D eigenvalue weighted by atomic mass is 10.2. The fourth-order valence-corrected chi connectivity index (χ4v) is 2.27. The normalized spacial score (nSPS) is 10.0. The Balaban J connectivity index is 0.00000156. The first-order valence-electron chi connectivity index (χ1n) is 7.39. The predicted molar refractivity (Wildman–Crippen MR) is 103 cm³/mol. The molecule has 0 aliphatic rings. The van der Waals surface area contributed by atoms with E-state index in [1.54, 1.807) is 31.3 Å². The Kier molecular flexibility index (Phi) is 8.40. The van der Waals surface area contributed by atoms with Gasteiger partial charge in [0.2, 0.25) is 5.95 Å². The van der Waals surface area contributed by atoms with E-state index in [2.05, 4.69) is 20.3 Å². The molecule has 0 bridgehead atoms. The number of benzene rings is 1. The minimum absolute atomic E-state index is 0. The van der Waals surface area contributed by atoms with Crippen molar-refractivity contribution in [2.24, 2.45) is 0 Å². The van der Waals surface area contributed by atoms with Crippen LogP contribution in [0.4, 0.5) is 5.82 Å². The molecule has 0 fully saturated rings. The first-order valence-corrected chi connectivity index (χ1v) is 7.39. The highest BCUT2D eigenvalue weighted by Crippen LogP contribution is 2.26. The van der Waals surface area contributed by atoms with Gasteiger partial charge < -0.3 is 14.8 Å². The first kappa shape index (κ1) is 21.0. The molecule has 7 nitrogen and oxygen atoms in total. The van der Waals surface area contributed by atoms with Gasteiger partial charge in [0.25, 0.3) is 0 Å². The van der Waals surface area contributed by atoms with Gasteiger partial charge >= 0.3 is 0 Å². The van der Waals surface area contributed by atoms with Gasteiger partial charge in [-0.05, 0) is 24.6 Å². The van der Waals surface area contributed by atoms with Crippen molar-refractivity contribution < 1.29 is 9.47 Å². The lowest BCUT2D eigenvalue weighted by Gasteiger charge is -2.12. The van der Waals surface area contributed by atoms with E-state index in [1.165, 1.54) is 0 Å². The van der Waals surface area contributed by atoms with Crippen LogP contribution >= 0.6 is 24.8 Å². The van der Waals surface area contributed by atoms with E-state index in [0.29, 0.717) is 12.6 Å². The summed E-state index contributed by atoms with van der Waals surface area (Å²) in [6, 6.07) is 5.75. The van der Waals surface area contributed by atoms with Gasteiger partial charge in [0, 0.05) is 38.0 Å². The van der Waals surface area contributed by atoms with Gasteiger partial charge in [-0.15, -0.1) is 24.8 Å². The molecule has 25 heavy (non-hydrogen) atoms. The molecule has 136 valence electrons. The molecule has 3 aromatic rings. The van der Waals surface area contributed by atoms with Gasteiger partial charge in [0.15, 0.2) is 0 Å². The Hall–Kier alpha value is -2.09. The molecule has 0 amide bonds. The summed E-state index contributed by atoms with van der Waals surface area (Å²) in [4.78, 5) is 13.3. The number of fused-ring (bicyclic) bond motifs is 1. The van der Waals surface area contributed by atoms with Crippen LogP contribution in [0.15, 0.2) is 36.9 Å². The van der Waals surface area contributed by atoms with Crippen molar-refractivity contribution in [2.45, 2.75) is 6.42 Å². The minimum Gasteiger partial charge on any atom is -0.497 e. The molecule has 0 aliphatic heterocycles. The lowest BCUT2D eigenvalue weighted by molar-refractivity contribution is 0.198. The smallest absolute Gasteiger partial charge is 0.237 e. The number of rotatable bonds is 7. The fraction of sp³-hybridized carbons (Fsp3) is 0.312. The molecule has 9 heteroatoms. The Morgan fingerprint density at radius 2 is 2.00 bits per heavy atom. The summed E-state index contributed by atoms with van der Waals surface area (Å²) in [5.41, 5.74) is 0.846. The first-order chi connectivity index (χ1) is 11.3. The van der Waals surface area contributed by atoms with Crippen molar-refractivity contribution in [2.75, 3.05) is 32.7 Å². The summed E-state index contributed by atoms with van der Waals surface area (Å²) < 4.78 is 12.2.